The first kappa shape index (κ1) is 16.0. The second kappa shape index (κ2) is 6.39. The Bertz CT molecular complexity index is 525. The van der Waals surface area contributed by atoms with Crippen LogP contribution in [-0.4, -0.2) is 26.5 Å². The van der Waals surface area contributed by atoms with Crippen LogP contribution in [0.3, 0.4) is 0 Å². The number of rotatable bonds is 6. The molecule has 0 aliphatic carbocycles. The van der Waals surface area contributed by atoms with E-state index >= 15 is 0 Å². The fourth-order valence-electron chi connectivity index (χ4n) is 1.90. The number of nitrogens with two attached hydrogens (primary N) is 1. The number of benzene rings is 1. The lowest BCUT2D eigenvalue weighted by atomic mass is 10.1. The zero-order valence-electron chi connectivity index (χ0n) is 12.0. The number of ether oxygens (including phenoxy) is 1. The van der Waals surface area contributed by atoms with Crippen LogP contribution in [0.2, 0.25) is 0 Å². The van der Waals surface area contributed by atoms with E-state index in [1.807, 2.05) is 32.0 Å². The number of sulfone groups is 1. The molecule has 0 saturated heterocycles. The lowest BCUT2D eigenvalue weighted by Gasteiger charge is -2.18. The minimum absolute atomic E-state index is 0.0537. The highest BCUT2D eigenvalue weighted by Gasteiger charge is 2.24. The van der Waals surface area contributed by atoms with Crippen LogP contribution >= 0.6 is 0 Å². The van der Waals surface area contributed by atoms with Crippen LogP contribution in [0.25, 0.3) is 0 Å². The zero-order chi connectivity index (χ0) is 14.6. The highest BCUT2D eigenvalue weighted by atomic mass is 32.2. The van der Waals surface area contributed by atoms with E-state index in [1.165, 1.54) is 0 Å². The Hall–Kier alpha value is -1.07. The van der Waals surface area contributed by atoms with E-state index in [4.69, 9.17) is 10.5 Å². The topological polar surface area (TPSA) is 69.4 Å². The molecular weight excluding hydrogens is 262 g/mol. The molecule has 0 radical (unpaired) electrons. The van der Waals surface area contributed by atoms with Gasteiger partial charge in [0.05, 0.1) is 18.1 Å². The molecule has 19 heavy (non-hydrogen) atoms. The summed E-state index contributed by atoms with van der Waals surface area (Å²) < 4.78 is 29.5. The third-order valence-corrected chi connectivity index (χ3v) is 5.77. The van der Waals surface area contributed by atoms with Gasteiger partial charge in [-0.15, -0.1) is 0 Å². The van der Waals surface area contributed by atoms with Gasteiger partial charge in [0.1, 0.15) is 5.75 Å². The first-order valence-electron chi connectivity index (χ1n) is 6.43. The van der Waals surface area contributed by atoms with Crippen molar-refractivity contribution >= 4 is 9.84 Å². The van der Waals surface area contributed by atoms with Crippen LogP contribution in [-0.2, 0) is 9.84 Å². The first-order valence-corrected chi connectivity index (χ1v) is 8.15. The fourth-order valence-corrected chi connectivity index (χ4v) is 3.42. The molecule has 1 aromatic carbocycles. The largest absolute Gasteiger partial charge is 0.496 e. The van der Waals surface area contributed by atoms with E-state index in [-0.39, 0.29) is 11.0 Å². The third kappa shape index (κ3) is 3.94. The van der Waals surface area contributed by atoms with Gasteiger partial charge >= 0.3 is 0 Å². The van der Waals surface area contributed by atoms with Crippen molar-refractivity contribution in [3.8, 4) is 5.75 Å². The van der Waals surface area contributed by atoms with Crippen molar-refractivity contribution in [2.24, 2.45) is 5.73 Å². The van der Waals surface area contributed by atoms with Crippen molar-refractivity contribution in [3.63, 3.8) is 0 Å². The molecule has 0 amide bonds. The second-order valence-corrected chi connectivity index (χ2v) is 7.36. The molecule has 0 bridgehead atoms. The van der Waals surface area contributed by atoms with Crippen molar-refractivity contribution in [3.05, 3.63) is 29.3 Å². The van der Waals surface area contributed by atoms with Gasteiger partial charge in [-0.3, -0.25) is 0 Å². The van der Waals surface area contributed by atoms with E-state index < -0.39 is 15.9 Å². The van der Waals surface area contributed by atoms with Crippen molar-refractivity contribution < 1.29 is 13.2 Å². The van der Waals surface area contributed by atoms with E-state index in [2.05, 4.69) is 0 Å². The van der Waals surface area contributed by atoms with E-state index in [0.29, 0.717) is 12.2 Å². The molecule has 0 aliphatic heterocycles. The van der Waals surface area contributed by atoms with Gasteiger partial charge in [0.2, 0.25) is 0 Å². The van der Waals surface area contributed by atoms with Crippen molar-refractivity contribution in [2.45, 2.75) is 38.5 Å². The number of hydrogen-bond acceptors (Lipinski definition) is 4. The highest BCUT2D eigenvalue weighted by Crippen LogP contribution is 2.26. The lowest BCUT2D eigenvalue weighted by molar-refractivity contribution is 0.406. The Balaban J connectivity index is 3.01. The minimum Gasteiger partial charge on any atom is -0.496 e. The van der Waals surface area contributed by atoms with Gasteiger partial charge in [-0.05, 0) is 26.3 Å². The van der Waals surface area contributed by atoms with E-state index in [0.717, 1.165) is 11.1 Å². The molecule has 1 rings (SSSR count). The smallest absolute Gasteiger partial charge is 0.154 e. The van der Waals surface area contributed by atoms with Crippen molar-refractivity contribution in [1.82, 2.24) is 0 Å². The normalized spacial score (nSPS) is 15.0. The summed E-state index contributed by atoms with van der Waals surface area (Å²) in [5.74, 6) is 0.583. The van der Waals surface area contributed by atoms with Gasteiger partial charge in [0, 0.05) is 11.6 Å². The molecule has 0 aromatic heterocycles. The molecule has 2 atom stereocenters. The Morgan fingerprint density at radius 3 is 2.53 bits per heavy atom. The molecule has 2 unspecified atom stereocenters. The van der Waals surface area contributed by atoms with Crippen LogP contribution < -0.4 is 10.5 Å². The molecule has 5 heteroatoms. The van der Waals surface area contributed by atoms with Crippen LogP contribution in [0, 0.1) is 6.92 Å². The summed E-state index contributed by atoms with van der Waals surface area (Å²) in [6, 6.07) is 5.06. The quantitative estimate of drug-likeness (QED) is 0.870. The lowest BCUT2D eigenvalue weighted by Crippen LogP contribution is -2.28. The van der Waals surface area contributed by atoms with Crippen LogP contribution in [0.1, 0.15) is 37.4 Å². The van der Waals surface area contributed by atoms with Crippen molar-refractivity contribution in [1.29, 1.82) is 0 Å². The monoisotopic (exact) mass is 285 g/mol. The number of methoxy groups -OCH3 is 1. The van der Waals surface area contributed by atoms with Crippen molar-refractivity contribution in [2.75, 3.05) is 12.9 Å². The summed E-state index contributed by atoms with van der Waals surface area (Å²) in [6.45, 7) is 5.52. The maximum absolute atomic E-state index is 12.1. The SMILES string of the molecule is CCC(C)S(=O)(=O)CC(N)c1cc(C)ccc1OC. The Morgan fingerprint density at radius 1 is 1.37 bits per heavy atom. The highest BCUT2D eigenvalue weighted by molar-refractivity contribution is 7.92. The molecule has 1 aromatic rings. The average molecular weight is 285 g/mol. The molecular formula is C14H23NO3S. The predicted molar refractivity (Wildman–Crippen MR) is 78.2 cm³/mol. The van der Waals surface area contributed by atoms with Gasteiger partial charge in [-0.2, -0.15) is 0 Å². The number of hydrogen-bond donors (Lipinski definition) is 1. The molecule has 0 heterocycles. The molecule has 0 spiro atoms. The molecule has 0 aliphatic rings. The molecule has 108 valence electrons. The maximum Gasteiger partial charge on any atom is 0.154 e. The van der Waals surface area contributed by atoms with Crippen LogP contribution in [0.5, 0.6) is 5.75 Å². The minimum atomic E-state index is -3.18. The van der Waals surface area contributed by atoms with Gasteiger partial charge in [-0.1, -0.05) is 24.6 Å². The maximum atomic E-state index is 12.1. The predicted octanol–water partition coefficient (Wildman–Crippen LogP) is 2.22. The summed E-state index contributed by atoms with van der Waals surface area (Å²) in [7, 11) is -1.62. The molecule has 0 saturated carbocycles. The average Bonchev–Trinajstić information content (AvgIpc) is 2.37. The Kier molecular flexibility index (Phi) is 5.38. The zero-order valence-corrected chi connectivity index (χ0v) is 12.8. The van der Waals surface area contributed by atoms with Gasteiger partial charge in [-0.25, -0.2) is 8.42 Å². The van der Waals surface area contributed by atoms with Gasteiger partial charge in [0.25, 0.3) is 0 Å². The Labute approximate surface area is 115 Å². The second-order valence-electron chi connectivity index (χ2n) is 4.90. The van der Waals surface area contributed by atoms with Gasteiger partial charge in [0.15, 0.2) is 9.84 Å². The first-order chi connectivity index (χ1) is 8.81. The number of aryl methyl sites for hydroxylation is 1. The molecule has 0 fully saturated rings. The van der Waals surface area contributed by atoms with E-state index in [1.54, 1.807) is 14.0 Å². The van der Waals surface area contributed by atoms with Gasteiger partial charge < -0.3 is 10.5 Å². The molecule has 2 N–H and O–H groups in total. The standard InChI is InChI=1S/C14H23NO3S/c1-5-11(3)19(16,17)9-13(15)12-8-10(2)6-7-14(12)18-4/h6-8,11,13H,5,9,15H2,1-4H3. The van der Waals surface area contributed by atoms with Crippen LogP contribution in [0.4, 0.5) is 0 Å². The summed E-state index contributed by atoms with van der Waals surface area (Å²) in [6.07, 6.45) is 0.597. The third-order valence-electron chi connectivity index (χ3n) is 3.38. The summed E-state index contributed by atoms with van der Waals surface area (Å²) in [5.41, 5.74) is 7.84. The fraction of sp³-hybridized carbons (Fsp3) is 0.571. The van der Waals surface area contributed by atoms with E-state index in [9.17, 15) is 8.42 Å². The Morgan fingerprint density at radius 2 is 2.00 bits per heavy atom. The summed E-state index contributed by atoms with van der Waals surface area (Å²) in [5, 5.41) is -0.366. The molecule has 4 nitrogen and oxygen atoms in total. The summed E-state index contributed by atoms with van der Waals surface area (Å²) in [4.78, 5) is 0. The summed E-state index contributed by atoms with van der Waals surface area (Å²) >= 11 is 0. The van der Waals surface area contributed by atoms with Crippen LogP contribution in [0.15, 0.2) is 18.2 Å².